The Hall–Kier alpha value is -0.790. The lowest BCUT2D eigenvalue weighted by Crippen LogP contribution is -2.14. The van der Waals surface area contributed by atoms with Crippen LogP contribution in [0.25, 0.3) is 0 Å². The zero-order valence-electron chi connectivity index (χ0n) is 5.29. The van der Waals surface area contributed by atoms with Crippen LogP contribution in [0, 0.1) is 0 Å². The molecule has 0 aromatic carbocycles. The van der Waals surface area contributed by atoms with E-state index in [9.17, 15) is 4.79 Å². The Morgan fingerprint density at radius 2 is 2.25 bits per heavy atom. The summed E-state index contributed by atoms with van der Waals surface area (Å²) in [7, 11) is 1.74. The van der Waals surface area contributed by atoms with Gasteiger partial charge in [-0.25, -0.2) is 0 Å². The molecule has 0 saturated carbocycles. The molecule has 0 radical (unpaired) electrons. The molecule has 0 aliphatic carbocycles. The third kappa shape index (κ3) is 3.40. The first-order chi connectivity index (χ1) is 3.81. The van der Waals surface area contributed by atoms with Crippen LogP contribution in [0.15, 0.2) is 12.2 Å². The number of carbonyl (C=O) groups is 1. The Kier molecular flexibility index (Phi) is 3.94. The fourth-order valence-electron chi connectivity index (χ4n) is 0.315. The quantitative estimate of drug-likeness (QED) is 0.388. The zero-order valence-corrected chi connectivity index (χ0v) is 5.29. The van der Waals surface area contributed by atoms with E-state index < -0.39 is 0 Å². The summed E-state index contributed by atoms with van der Waals surface area (Å²) in [5.74, 6) is 0. The van der Waals surface area contributed by atoms with Crippen LogP contribution in [0.5, 0.6) is 0 Å². The first kappa shape index (κ1) is 7.21. The summed E-state index contributed by atoms with van der Waals surface area (Å²) in [5, 5.41) is 0. The van der Waals surface area contributed by atoms with Gasteiger partial charge in [-0.15, -0.1) is 0 Å². The van der Waals surface area contributed by atoms with Crippen molar-refractivity contribution in [3.05, 3.63) is 12.2 Å². The SMILES string of the molecule is C/C=C/CN(C)C=O. The van der Waals surface area contributed by atoms with Crippen LogP contribution >= 0.6 is 0 Å². The molecule has 0 heterocycles. The third-order valence-electron chi connectivity index (χ3n) is 0.809. The maximum atomic E-state index is 9.90. The second kappa shape index (κ2) is 4.37. The minimum Gasteiger partial charge on any atom is -0.345 e. The highest BCUT2D eigenvalue weighted by Gasteiger charge is 1.82. The van der Waals surface area contributed by atoms with Crippen molar-refractivity contribution in [1.29, 1.82) is 0 Å². The van der Waals surface area contributed by atoms with Crippen molar-refractivity contribution in [2.24, 2.45) is 0 Å². The van der Waals surface area contributed by atoms with Gasteiger partial charge in [-0.1, -0.05) is 12.2 Å². The van der Waals surface area contributed by atoms with Crippen molar-refractivity contribution < 1.29 is 4.79 Å². The van der Waals surface area contributed by atoms with Crippen molar-refractivity contribution in [3.63, 3.8) is 0 Å². The third-order valence-corrected chi connectivity index (χ3v) is 0.809. The van der Waals surface area contributed by atoms with Crippen molar-refractivity contribution >= 4 is 6.41 Å². The summed E-state index contributed by atoms with van der Waals surface area (Å²) in [6, 6.07) is 0. The predicted octanol–water partition coefficient (Wildman–Crippen LogP) is 0.651. The highest BCUT2D eigenvalue weighted by atomic mass is 16.1. The molecule has 2 heteroatoms. The molecule has 46 valence electrons. The topological polar surface area (TPSA) is 20.3 Å². The largest absolute Gasteiger partial charge is 0.345 e. The molecular weight excluding hydrogens is 102 g/mol. The van der Waals surface area contributed by atoms with E-state index in [4.69, 9.17) is 0 Å². The van der Waals surface area contributed by atoms with E-state index in [2.05, 4.69) is 0 Å². The second-order valence-electron chi connectivity index (χ2n) is 1.61. The summed E-state index contributed by atoms with van der Waals surface area (Å²) in [5.41, 5.74) is 0. The molecule has 8 heavy (non-hydrogen) atoms. The summed E-state index contributed by atoms with van der Waals surface area (Å²) in [6.45, 7) is 2.64. The molecule has 2 nitrogen and oxygen atoms in total. The van der Waals surface area contributed by atoms with Gasteiger partial charge in [-0.05, 0) is 6.92 Å². The van der Waals surface area contributed by atoms with Gasteiger partial charge in [0.25, 0.3) is 0 Å². The Morgan fingerprint density at radius 3 is 2.62 bits per heavy atom. The maximum absolute atomic E-state index is 9.90. The minimum atomic E-state index is 0.708. The van der Waals surface area contributed by atoms with E-state index in [1.807, 2.05) is 19.1 Å². The molecule has 0 spiro atoms. The number of allylic oxidation sites excluding steroid dienone is 1. The van der Waals surface area contributed by atoms with Gasteiger partial charge in [0.15, 0.2) is 0 Å². The molecule has 0 aliphatic rings. The van der Waals surface area contributed by atoms with Crippen LogP contribution in [0.3, 0.4) is 0 Å². The highest BCUT2D eigenvalue weighted by molar-refractivity contribution is 5.46. The van der Waals surface area contributed by atoms with Gasteiger partial charge in [-0.2, -0.15) is 0 Å². The van der Waals surface area contributed by atoms with Gasteiger partial charge in [0.2, 0.25) is 6.41 Å². The molecule has 0 aliphatic heterocycles. The summed E-state index contributed by atoms with van der Waals surface area (Å²) in [6.07, 6.45) is 4.65. The van der Waals surface area contributed by atoms with Crippen molar-refractivity contribution in [1.82, 2.24) is 4.90 Å². The van der Waals surface area contributed by atoms with E-state index in [0.29, 0.717) is 6.54 Å². The van der Waals surface area contributed by atoms with E-state index >= 15 is 0 Å². The summed E-state index contributed by atoms with van der Waals surface area (Å²) in [4.78, 5) is 11.5. The van der Waals surface area contributed by atoms with Gasteiger partial charge in [-0.3, -0.25) is 4.79 Å². The fraction of sp³-hybridized carbons (Fsp3) is 0.500. The van der Waals surface area contributed by atoms with Crippen LogP contribution in [0.4, 0.5) is 0 Å². The number of amides is 1. The van der Waals surface area contributed by atoms with Crippen LogP contribution < -0.4 is 0 Å². The second-order valence-corrected chi connectivity index (χ2v) is 1.61. The van der Waals surface area contributed by atoms with Crippen molar-refractivity contribution in [2.75, 3.05) is 13.6 Å². The molecular formula is C6H11NO. The van der Waals surface area contributed by atoms with Crippen molar-refractivity contribution in [3.8, 4) is 0 Å². The highest BCUT2D eigenvalue weighted by Crippen LogP contribution is 1.75. The smallest absolute Gasteiger partial charge is 0.209 e. The molecule has 0 saturated heterocycles. The van der Waals surface area contributed by atoms with Gasteiger partial charge in [0.05, 0.1) is 0 Å². The van der Waals surface area contributed by atoms with E-state index in [1.165, 1.54) is 0 Å². The molecule has 1 amide bonds. The average Bonchev–Trinajstić information content (AvgIpc) is 1.83. The number of hydrogen-bond acceptors (Lipinski definition) is 1. The number of likely N-dealkylation sites (N-methyl/N-ethyl adjacent to an activating group) is 1. The fourth-order valence-corrected chi connectivity index (χ4v) is 0.315. The lowest BCUT2D eigenvalue weighted by molar-refractivity contribution is -0.116. The first-order valence-electron chi connectivity index (χ1n) is 2.58. The standard InChI is InChI=1S/C6H11NO/c1-3-4-5-7(2)6-8/h3-4,6H,5H2,1-2H3/b4-3+. The van der Waals surface area contributed by atoms with E-state index in [0.717, 1.165) is 6.41 Å². The summed E-state index contributed by atoms with van der Waals surface area (Å²) >= 11 is 0. The zero-order chi connectivity index (χ0) is 6.41. The number of rotatable bonds is 3. The van der Waals surface area contributed by atoms with Crippen LogP contribution in [0.2, 0.25) is 0 Å². The molecule has 0 bridgehead atoms. The molecule has 0 N–H and O–H groups in total. The van der Waals surface area contributed by atoms with Gasteiger partial charge in [0.1, 0.15) is 0 Å². The van der Waals surface area contributed by atoms with Gasteiger partial charge < -0.3 is 4.90 Å². The lowest BCUT2D eigenvalue weighted by Gasteiger charge is -2.03. The monoisotopic (exact) mass is 113 g/mol. The minimum absolute atomic E-state index is 0.708. The molecule has 0 unspecified atom stereocenters. The molecule has 0 aromatic rings. The maximum Gasteiger partial charge on any atom is 0.209 e. The Morgan fingerprint density at radius 1 is 1.62 bits per heavy atom. The average molecular weight is 113 g/mol. The molecule has 0 rings (SSSR count). The first-order valence-corrected chi connectivity index (χ1v) is 2.58. The predicted molar refractivity (Wildman–Crippen MR) is 33.5 cm³/mol. The molecule has 0 fully saturated rings. The summed E-state index contributed by atoms with van der Waals surface area (Å²) < 4.78 is 0. The Balaban J connectivity index is 3.23. The Labute approximate surface area is 49.8 Å². The van der Waals surface area contributed by atoms with Gasteiger partial charge >= 0.3 is 0 Å². The van der Waals surface area contributed by atoms with Crippen LogP contribution in [-0.4, -0.2) is 24.9 Å². The van der Waals surface area contributed by atoms with Gasteiger partial charge in [0, 0.05) is 13.6 Å². The molecule has 0 aromatic heterocycles. The van der Waals surface area contributed by atoms with Crippen LogP contribution in [-0.2, 0) is 4.79 Å². The Bertz CT molecular complexity index is 88.5. The molecule has 0 atom stereocenters. The van der Waals surface area contributed by atoms with Crippen molar-refractivity contribution in [2.45, 2.75) is 6.92 Å². The van der Waals surface area contributed by atoms with E-state index in [-0.39, 0.29) is 0 Å². The lowest BCUT2D eigenvalue weighted by atomic mass is 10.5. The van der Waals surface area contributed by atoms with Crippen LogP contribution in [0.1, 0.15) is 6.92 Å². The number of nitrogens with zero attached hydrogens (tertiary/aromatic N) is 1. The number of carbonyl (C=O) groups excluding carboxylic acids is 1. The normalized spacial score (nSPS) is 9.75. The van der Waals surface area contributed by atoms with E-state index in [1.54, 1.807) is 11.9 Å². The number of hydrogen-bond donors (Lipinski definition) is 0.